The van der Waals surface area contributed by atoms with E-state index in [2.05, 4.69) is 52.9 Å². The van der Waals surface area contributed by atoms with Crippen LogP contribution in [0.4, 0.5) is 4.79 Å². The van der Waals surface area contributed by atoms with Gasteiger partial charge in [0, 0.05) is 19.5 Å². The fraction of sp³-hybridized carbons (Fsp3) is 0.923. The molecule has 4 aliphatic rings. The van der Waals surface area contributed by atoms with E-state index >= 15 is 0 Å². The molecule has 4 rings (SSSR count). The Balaban J connectivity index is 1.31. The Labute approximate surface area is 277 Å². The number of carbonyl (C=O) groups excluding carboxylic acids is 1. The van der Waals surface area contributed by atoms with Crippen molar-refractivity contribution in [1.29, 1.82) is 0 Å². The number of allylic oxidation sites excluding steroid dienone is 1. The molecule has 0 aromatic heterocycles. The molecular formula is C39H72N4O2. The minimum absolute atomic E-state index is 0.000897. The average Bonchev–Trinajstić information content (AvgIpc) is 3.36. The zero-order valence-corrected chi connectivity index (χ0v) is 30.3. The Hall–Kier alpha value is -1.11. The van der Waals surface area contributed by atoms with Crippen LogP contribution in [0.1, 0.15) is 131 Å². The summed E-state index contributed by atoms with van der Waals surface area (Å²) in [5.74, 6) is 5.07. The second-order valence-corrected chi connectivity index (χ2v) is 17.0. The number of hydrogen-bond donors (Lipinski definition) is 3. The number of ether oxygens (including phenoxy) is 1. The molecule has 6 nitrogen and oxygen atoms in total. The number of nitrogens with one attached hydrogen (secondary N) is 1. The van der Waals surface area contributed by atoms with Gasteiger partial charge in [-0.3, -0.25) is 0 Å². The number of hydrogen-bond acceptors (Lipinski definition) is 5. The van der Waals surface area contributed by atoms with Crippen molar-refractivity contribution in [3.8, 4) is 0 Å². The van der Waals surface area contributed by atoms with E-state index in [1.165, 1.54) is 57.8 Å². The van der Waals surface area contributed by atoms with E-state index < -0.39 is 0 Å². The van der Waals surface area contributed by atoms with Gasteiger partial charge in [0.1, 0.15) is 6.10 Å². The van der Waals surface area contributed by atoms with Gasteiger partial charge >= 0.3 is 6.09 Å². The number of amides is 1. The molecule has 0 aromatic rings. The molecule has 0 radical (unpaired) electrons. The van der Waals surface area contributed by atoms with Crippen LogP contribution in [0.5, 0.6) is 0 Å². The standard InChI is InChI=1S/C39H72N4O2/c1-28(2)11-7-8-12-31-14-16-35-34-15-13-32-23-33(17-19-39(32,6)36(34)18-20-38(31,35)5)45-37(44)43(27-30(4)25-41)22-10-9-21-42-26-29(3)24-40/h13,28-31,33-36,42H,7-12,14-27,40-41H2,1-6H3. The van der Waals surface area contributed by atoms with Crippen LogP contribution < -0.4 is 16.8 Å². The first kappa shape index (κ1) is 36.7. The highest BCUT2D eigenvalue weighted by molar-refractivity contribution is 5.68. The van der Waals surface area contributed by atoms with Crippen LogP contribution in [0, 0.1) is 52.3 Å². The first-order valence-electron chi connectivity index (χ1n) is 19.3. The lowest BCUT2D eigenvalue weighted by molar-refractivity contribution is -0.0535. The summed E-state index contributed by atoms with van der Waals surface area (Å²) in [7, 11) is 0. The molecule has 6 heteroatoms. The summed E-state index contributed by atoms with van der Waals surface area (Å²) in [5.41, 5.74) is 14.1. The summed E-state index contributed by atoms with van der Waals surface area (Å²) in [6.07, 6.45) is 20.2. The fourth-order valence-corrected chi connectivity index (χ4v) is 10.2. The number of rotatable bonds is 17. The third-order valence-electron chi connectivity index (χ3n) is 13.2. The number of fused-ring (bicyclic) bond motifs is 5. The van der Waals surface area contributed by atoms with Crippen molar-refractivity contribution in [2.75, 3.05) is 39.3 Å². The molecular weight excluding hydrogens is 556 g/mol. The number of nitrogens with zero attached hydrogens (tertiary/aromatic N) is 1. The van der Waals surface area contributed by atoms with Gasteiger partial charge in [-0.15, -0.1) is 0 Å². The Morgan fingerprint density at radius 3 is 2.49 bits per heavy atom. The van der Waals surface area contributed by atoms with Gasteiger partial charge in [-0.2, -0.15) is 0 Å². The molecule has 5 N–H and O–H groups in total. The first-order chi connectivity index (χ1) is 21.5. The van der Waals surface area contributed by atoms with Crippen LogP contribution in [0.25, 0.3) is 0 Å². The van der Waals surface area contributed by atoms with Gasteiger partial charge in [0.05, 0.1) is 0 Å². The van der Waals surface area contributed by atoms with Crippen molar-refractivity contribution in [3.63, 3.8) is 0 Å². The minimum atomic E-state index is -0.137. The second-order valence-electron chi connectivity index (χ2n) is 17.0. The summed E-state index contributed by atoms with van der Waals surface area (Å²) < 4.78 is 6.29. The molecule has 0 aliphatic heterocycles. The zero-order valence-electron chi connectivity index (χ0n) is 30.3. The van der Waals surface area contributed by atoms with Crippen molar-refractivity contribution in [2.45, 2.75) is 138 Å². The maximum Gasteiger partial charge on any atom is 0.410 e. The molecule has 0 bridgehead atoms. The maximum atomic E-state index is 13.5. The predicted molar refractivity (Wildman–Crippen MR) is 189 cm³/mol. The van der Waals surface area contributed by atoms with Gasteiger partial charge in [0.15, 0.2) is 0 Å². The van der Waals surface area contributed by atoms with Crippen molar-refractivity contribution in [2.24, 2.45) is 63.7 Å². The highest BCUT2D eigenvalue weighted by atomic mass is 16.6. The van der Waals surface area contributed by atoms with Gasteiger partial charge in [-0.1, -0.05) is 72.5 Å². The normalized spacial score (nSPS) is 34.0. The molecule has 0 spiro atoms. The molecule has 0 aromatic carbocycles. The lowest BCUT2D eigenvalue weighted by atomic mass is 9.47. The zero-order chi connectivity index (χ0) is 32.6. The summed E-state index contributed by atoms with van der Waals surface area (Å²) >= 11 is 0. The molecule has 45 heavy (non-hydrogen) atoms. The molecule has 3 fully saturated rings. The van der Waals surface area contributed by atoms with Crippen LogP contribution in [-0.4, -0.2) is 56.4 Å². The van der Waals surface area contributed by atoms with Crippen molar-refractivity contribution < 1.29 is 9.53 Å². The number of nitrogens with two attached hydrogens (primary N) is 2. The third kappa shape index (κ3) is 9.08. The van der Waals surface area contributed by atoms with Crippen molar-refractivity contribution in [1.82, 2.24) is 10.2 Å². The number of carbonyl (C=O) groups is 1. The lowest BCUT2D eigenvalue weighted by Crippen LogP contribution is -2.50. The van der Waals surface area contributed by atoms with E-state index in [-0.39, 0.29) is 23.5 Å². The van der Waals surface area contributed by atoms with E-state index in [1.54, 1.807) is 5.57 Å². The number of unbranched alkanes of at least 4 members (excludes halogenated alkanes) is 2. The van der Waals surface area contributed by atoms with Crippen LogP contribution in [0.2, 0.25) is 0 Å². The molecule has 9 unspecified atom stereocenters. The quantitative estimate of drug-likeness (QED) is 0.112. The van der Waals surface area contributed by atoms with E-state index in [4.69, 9.17) is 16.2 Å². The second kappa shape index (κ2) is 16.8. The predicted octanol–water partition coefficient (Wildman–Crippen LogP) is 8.15. The smallest absolute Gasteiger partial charge is 0.410 e. The molecule has 9 atom stereocenters. The maximum absolute atomic E-state index is 13.5. The Kier molecular flexibility index (Phi) is 13.7. The minimum Gasteiger partial charge on any atom is -0.446 e. The Morgan fingerprint density at radius 2 is 1.76 bits per heavy atom. The topological polar surface area (TPSA) is 93.6 Å². The molecule has 4 aliphatic carbocycles. The van der Waals surface area contributed by atoms with Crippen LogP contribution in [0.3, 0.4) is 0 Å². The summed E-state index contributed by atoms with van der Waals surface area (Å²) in [6.45, 7) is 18.9. The molecule has 1 amide bonds. The average molecular weight is 629 g/mol. The van der Waals surface area contributed by atoms with Crippen LogP contribution in [-0.2, 0) is 4.74 Å². The molecule has 0 saturated heterocycles. The van der Waals surface area contributed by atoms with E-state index in [0.29, 0.717) is 31.0 Å². The lowest BCUT2D eigenvalue weighted by Gasteiger charge is -2.58. The van der Waals surface area contributed by atoms with Gasteiger partial charge < -0.3 is 26.4 Å². The Bertz CT molecular complexity index is 953. The largest absolute Gasteiger partial charge is 0.446 e. The van der Waals surface area contributed by atoms with E-state index in [1.807, 2.05) is 4.90 Å². The van der Waals surface area contributed by atoms with Gasteiger partial charge in [0.25, 0.3) is 0 Å². The Morgan fingerprint density at radius 1 is 0.978 bits per heavy atom. The molecule has 0 heterocycles. The highest BCUT2D eigenvalue weighted by Crippen LogP contribution is 2.66. The van der Waals surface area contributed by atoms with Crippen LogP contribution >= 0.6 is 0 Å². The SMILES string of the molecule is CC(C)CCCCC1CCC2C3CC=C4CC(OC(=O)N(CCCCNCC(C)CN)CC(C)CN)CCC4(C)C3CCC12C. The van der Waals surface area contributed by atoms with Crippen molar-refractivity contribution >= 4 is 6.09 Å². The van der Waals surface area contributed by atoms with Crippen LogP contribution in [0.15, 0.2) is 11.6 Å². The van der Waals surface area contributed by atoms with Gasteiger partial charge in [0.2, 0.25) is 0 Å². The summed E-state index contributed by atoms with van der Waals surface area (Å²) in [5, 5.41) is 3.50. The molecule has 3 saturated carbocycles. The molecule has 260 valence electrons. The fourth-order valence-electron chi connectivity index (χ4n) is 10.2. The summed E-state index contributed by atoms with van der Waals surface area (Å²) in [6, 6.07) is 0. The van der Waals surface area contributed by atoms with Gasteiger partial charge in [-0.05, 0) is 143 Å². The first-order valence-corrected chi connectivity index (χ1v) is 19.3. The summed E-state index contributed by atoms with van der Waals surface area (Å²) in [4.78, 5) is 15.4. The monoisotopic (exact) mass is 629 g/mol. The van der Waals surface area contributed by atoms with Crippen molar-refractivity contribution in [3.05, 3.63) is 11.6 Å². The highest BCUT2D eigenvalue weighted by Gasteiger charge is 2.58. The van der Waals surface area contributed by atoms with E-state index in [9.17, 15) is 4.79 Å². The third-order valence-corrected chi connectivity index (χ3v) is 13.2. The van der Waals surface area contributed by atoms with E-state index in [0.717, 1.165) is 81.3 Å². The van der Waals surface area contributed by atoms with Gasteiger partial charge in [-0.25, -0.2) is 4.79 Å².